The average Bonchev–Trinajstić information content (AvgIpc) is 2.84. The van der Waals surface area contributed by atoms with Gasteiger partial charge in [0.1, 0.15) is 5.57 Å². The molecule has 0 bridgehead atoms. The second kappa shape index (κ2) is 10.4. The molecule has 0 spiro atoms. The van der Waals surface area contributed by atoms with Crippen molar-refractivity contribution >= 4 is 67.2 Å². The van der Waals surface area contributed by atoms with Gasteiger partial charge in [0.05, 0.1) is 25.1 Å². The summed E-state index contributed by atoms with van der Waals surface area (Å²) in [5.74, 6) is -2.25. The zero-order chi connectivity index (χ0) is 27.8. The van der Waals surface area contributed by atoms with E-state index in [1.54, 1.807) is 18.2 Å². The van der Waals surface area contributed by atoms with Crippen molar-refractivity contribution in [3.05, 3.63) is 96.4 Å². The lowest BCUT2D eigenvalue weighted by atomic mass is 10.1. The number of benzene rings is 3. The molecule has 14 heteroatoms. The van der Waals surface area contributed by atoms with E-state index in [9.17, 15) is 37.7 Å². The van der Waals surface area contributed by atoms with E-state index >= 15 is 0 Å². The topological polar surface area (TPSA) is 119 Å². The normalized spacial score (nSPS) is 15.0. The molecule has 0 aromatic heterocycles. The molecule has 1 aliphatic rings. The Labute approximate surface area is 228 Å². The number of ether oxygens (including phenoxy) is 1. The van der Waals surface area contributed by atoms with Gasteiger partial charge in [-0.3, -0.25) is 25.0 Å². The van der Waals surface area contributed by atoms with Gasteiger partial charge in [-0.1, -0.05) is 18.2 Å². The number of rotatable bonds is 5. The molecule has 1 N–H and O–H groups in total. The van der Waals surface area contributed by atoms with E-state index in [0.717, 1.165) is 11.0 Å². The molecule has 9 nitrogen and oxygen atoms in total. The SMILES string of the molecule is O=C1NC(=O)N(c2ccccc2)C(=O)/C1=C/c1cc(Br)c(Oc2ccc(C(F)(F)F)cc2[N+](=O)[O-])c(Br)c1. The third-order valence-corrected chi connectivity index (χ3v) is 6.32. The lowest BCUT2D eigenvalue weighted by molar-refractivity contribution is -0.385. The first-order valence-corrected chi connectivity index (χ1v) is 11.9. The number of halogens is 5. The van der Waals surface area contributed by atoms with E-state index in [-0.39, 0.29) is 26.0 Å². The van der Waals surface area contributed by atoms with Crippen LogP contribution in [0.25, 0.3) is 6.08 Å². The van der Waals surface area contributed by atoms with Crippen LogP contribution in [0.5, 0.6) is 11.5 Å². The van der Waals surface area contributed by atoms with Gasteiger partial charge < -0.3 is 4.74 Å². The average molecular weight is 655 g/mol. The van der Waals surface area contributed by atoms with Gasteiger partial charge in [0.2, 0.25) is 5.75 Å². The molecule has 1 saturated heterocycles. The minimum Gasteiger partial charge on any atom is -0.448 e. The molecule has 194 valence electrons. The predicted molar refractivity (Wildman–Crippen MR) is 135 cm³/mol. The molecule has 0 saturated carbocycles. The summed E-state index contributed by atoms with van der Waals surface area (Å²) in [5.41, 5.74) is -1.93. The maximum atomic E-state index is 13.0. The number of anilines is 1. The number of nitro groups is 1. The Morgan fingerprint density at radius 2 is 1.61 bits per heavy atom. The van der Waals surface area contributed by atoms with Crippen LogP contribution in [0.15, 0.2) is 75.2 Å². The predicted octanol–water partition coefficient (Wildman–Crippen LogP) is 6.60. The molecule has 3 aromatic carbocycles. The van der Waals surface area contributed by atoms with Gasteiger partial charge in [-0.05, 0) is 79.9 Å². The highest BCUT2D eigenvalue weighted by molar-refractivity contribution is 9.11. The van der Waals surface area contributed by atoms with Crippen LogP contribution < -0.4 is 15.0 Å². The van der Waals surface area contributed by atoms with Gasteiger partial charge >= 0.3 is 17.9 Å². The molecule has 1 fully saturated rings. The Balaban J connectivity index is 1.68. The Hall–Kier alpha value is -4.04. The number of amides is 4. The Morgan fingerprint density at radius 1 is 0.974 bits per heavy atom. The van der Waals surface area contributed by atoms with Crippen molar-refractivity contribution in [2.24, 2.45) is 0 Å². The first-order valence-electron chi connectivity index (χ1n) is 10.4. The maximum absolute atomic E-state index is 13.0. The lowest BCUT2D eigenvalue weighted by Crippen LogP contribution is -2.54. The first kappa shape index (κ1) is 27.0. The Kier molecular flexibility index (Phi) is 7.37. The fourth-order valence-electron chi connectivity index (χ4n) is 3.43. The van der Waals surface area contributed by atoms with Crippen molar-refractivity contribution in [2.75, 3.05) is 4.90 Å². The number of imide groups is 2. The summed E-state index contributed by atoms with van der Waals surface area (Å²) in [6.07, 6.45) is -3.57. The van der Waals surface area contributed by atoms with Crippen molar-refractivity contribution < 1.29 is 37.2 Å². The van der Waals surface area contributed by atoms with Gasteiger partial charge in [-0.15, -0.1) is 0 Å². The summed E-state index contributed by atoms with van der Waals surface area (Å²) >= 11 is 6.46. The minimum absolute atomic E-state index is 0.0180. The van der Waals surface area contributed by atoms with Crippen molar-refractivity contribution in [2.45, 2.75) is 6.18 Å². The summed E-state index contributed by atoms with van der Waals surface area (Å²) in [6, 6.07) is 11.7. The zero-order valence-corrected chi connectivity index (χ0v) is 21.8. The zero-order valence-electron chi connectivity index (χ0n) is 18.6. The van der Waals surface area contributed by atoms with E-state index in [4.69, 9.17) is 4.74 Å². The molecular weight excluding hydrogens is 643 g/mol. The van der Waals surface area contributed by atoms with Crippen molar-refractivity contribution in [3.63, 3.8) is 0 Å². The second-order valence-corrected chi connectivity index (χ2v) is 9.36. The second-order valence-electron chi connectivity index (χ2n) is 7.65. The van der Waals surface area contributed by atoms with Crippen LogP contribution in [0.3, 0.4) is 0 Å². The van der Waals surface area contributed by atoms with Crippen molar-refractivity contribution in [1.82, 2.24) is 5.32 Å². The maximum Gasteiger partial charge on any atom is 0.416 e. The van der Waals surface area contributed by atoms with Crippen molar-refractivity contribution in [1.29, 1.82) is 0 Å². The van der Waals surface area contributed by atoms with Gasteiger partial charge in [0, 0.05) is 6.07 Å². The third kappa shape index (κ3) is 5.45. The number of carbonyl (C=O) groups is 3. The van der Waals surface area contributed by atoms with Crippen LogP contribution in [0.4, 0.5) is 29.3 Å². The molecule has 4 amide bonds. The first-order chi connectivity index (χ1) is 17.9. The number of nitrogens with one attached hydrogen (secondary N) is 1. The Morgan fingerprint density at radius 3 is 2.18 bits per heavy atom. The number of barbiturate groups is 1. The molecule has 0 atom stereocenters. The molecule has 0 unspecified atom stereocenters. The summed E-state index contributed by atoms with van der Waals surface area (Å²) in [7, 11) is 0. The highest BCUT2D eigenvalue weighted by Crippen LogP contribution is 2.43. The number of hydrogen-bond acceptors (Lipinski definition) is 6. The highest BCUT2D eigenvalue weighted by Gasteiger charge is 2.37. The lowest BCUT2D eigenvalue weighted by Gasteiger charge is -2.26. The van der Waals surface area contributed by atoms with Crippen LogP contribution in [0.1, 0.15) is 11.1 Å². The van der Waals surface area contributed by atoms with E-state index in [0.29, 0.717) is 17.7 Å². The van der Waals surface area contributed by atoms with E-state index in [2.05, 4.69) is 37.2 Å². The van der Waals surface area contributed by atoms with Crippen LogP contribution in [-0.2, 0) is 15.8 Å². The Bertz CT molecular complexity index is 1500. The summed E-state index contributed by atoms with van der Waals surface area (Å²) in [4.78, 5) is 48.9. The smallest absolute Gasteiger partial charge is 0.416 e. The number of hydrogen-bond donors (Lipinski definition) is 1. The number of nitro benzene ring substituents is 1. The molecule has 1 aliphatic heterocycles. The summed E-state index contributed by atoms with van der Waals surface area (Å²) in [5, 5.41) is 13.5. The van der Waals surface area contributed by atoms with Gasteiger partial charge in [0.15, 0.2) is 5.75 Å². The fraction of sp³-hybridized carbons (Fsp3) is 0.0417. The molecule has 1 heterocycles. The molecule has 38 heavy (non-hydrogen) atoms. The number of carbonyl (C=O) groups excluding carboxylic acids is 3. The van der Waals surface area contributed by atoms with Gasteiger partial charge in [-0.25, -0.2) is 9.69 Å². The molecule has 0 radical (unpaired) electrons. The minimum atomic E-state index is -4.79. The van der Waals surface area contributed by atoms with Crippen LogP contribution in [-0.4, -0.2) is 22.8 Å². The quantitative estimate of drug-likeness (QED) is 0.143. The number of urea groups is 1. The molecule has 4 rings (SSSR count). The molecule has 3 aromatic rings. The number of nitrogens with zero attached hydrogens (tertiary/aromatic N) is 2. The molecule has 0 aliphatic carbocycles. The van der Waals surface area contributed by atoms with Crippen LogP contribution in [0.2, 0.25) is 0 Å². The van der Waals surface area contributed by atoms with Crippen molar-refractivity contribution in [3.8, 4) is 11.5 Å². The van der Waals surface area contributed by atoms with Gasteiger partial charge in [-0.2, -0.15) is 13.2 Å². The van der Waals surface area contributed by atoms with E-state index in [1.165, 1.54) is 30.3 Å². The summed E-state index contributed by atoms with van der Waals surface area (Å²) < 4.78 is 44.9. The fourth-order valence-corrected chi connectivity index (χ4v) is 4.81. The van der Waals surface area contributed by atoms with Gasteiger partial charge in [0.25, 0.3) is 11.8 Å². The van der Waals surface area contributed by atoms with Crippen LogP contribution in [0, 0.1) is 10.1 Å². The largest absolute Gasteiger partial charge is 0.448 e. The van der Waals surface area contributed by atoms with E-state index in [1.807, 2.05) is 0 Å². The number of para-hydroxylation sites is 1. The standard InChI is InChI=1S/C24H12Br2F3N3O6/c25-16-9-12(8-15-21(33)30-23(35)31(22(15)34)14-4-2-1-3-5-14)10-17(26)20(16)38-19-7-6-13(24(27,28)29)11-18(19)32(36)37/h1-11H,(H,30,33,35)/b15-8+. The number of alkyl halides is 3. The third-order valence-electron chi connectivity index (χ3n) is 5.14. The highest BCUT2D eigenvalue weighted by atomic mass is 79.9. The van der Waals surface area contributed by atoms with Crippen LogP contribution >= 0.6 is 31.9 Å². The summed E-state index contributed by atoms with van der Waals surface area (Å²) in [6.45, 7) is 0. The molecular formula is C24H12Br2F3N3O6. The monoisotopic (exact) mass is 653 g/mol. The van der Waals surface area contributed by atoms with E-state index < -0.39 is 45.9 Å².